The molecule has 0 saturated carbocycles. The van der Waals surface area contributed by atoms with Crippen LogP contribution >= 0.6 is 0 Å². The summed E-state index contributed by atoms with van der Waals surface area (Å²) in [4.78, 5) is 13.5. The van der Waals surface area contributed by atoms with E-state index in [4.69, 9.17) is 0 Å². The molecule has 0 spiro atoms. The van der Waals surface area contributed by atoms with Crippen LogP contribution in [-0.2, 0) is 4.79 Å². The number of piperidine rings is 1. The first-order chi connectivity index (χ1) is 8.92. The molecule has 19 heavy (non-hydrogen) atoms. The Morgan fingerprint density at radius 1 is 1.26 bits per heavy atom. The lowest BCUT2D eigenvalue weighted by Gasteiger charge is -2.39. The highest BCUT2D eigenvalue weighted by molar-refractivity contribution is 5.74. The molecule has 2 rings (SSSR count). The summed E-state index contributed by atoms with van der Waals surface area (Å²) < 4.78 is 0. The van der Waals surface area contributed by atoms with E-state index in [1.165, 1.54) is 0 Å². The van der Waals surface area contributed by atoms with Gasteiger partial charge >= 0.3 is 5.97 Å². The number of likely N-dealkylation sites (tertiary alicyclic amines) is 1. The number of benzene rings is 1. The molecule has 1 unspecified atom stereocenters. The smallest absolute Gasteiger partial charge is 0.309 e. The van der Waals surface area contributed by atoms with Gasteiger partial charge in [-0.15, -0.1) is 0 Å². The van der Waals surface area contributed by atoms with Crippen LogP contribution in [0, 0.1) is 5.41 Å². The van der Waals surface area contributed by atoms with Crippen LogP contribution < -0.4 is 0 Å². The van der Waals surface area contributed by atoms with E-state index < -0.39 is 11.4 Å². The Morgan fingerprint density at radius 3 is 2.26 bits per heavy atom. The van der Waals surface area contributed by atoms with Gasteiger partial charge in [-0.05, 0) is 57.5 Å². The highest BCUT2D eigenvalue weighted by Crippen LogP contribution is 2.34. The minimum Gasteiger partial charge on any atom is -0.508 e. The third-order valence-corrected chi connectivity index (χ3v) is 4.34. The van der Waals surface area contributed by atoms with Crippen molar-refractivity contribution in [2.75, 3.05) is 13.1 Å². The Morgan fingerprint density at radius 2 is 1.79 bits per heavy atom. The topological polar surface area (TPSA) is 60.8 Å². The largest absolute Gasteiger partial charge is 0.508 e. The normalized spacial score (nSPS) is 20.9. The van der Waals surface area contributed by atoms with Gasteiger partial charge in [-0.1, -0.05) is 12.1 Å². The number of hydrogen-bond donors (Lipinski definition) is 2. The number of aliphatic carboxylic acids is 1. The molecular weight excluding hydrogens is 242 g/mol. The number of nitrogens with zero attached hydrogens (tertiary/aromatic N) is 1. The maximum Gasteiger partial charge on any atom is 0.309 e. The number of carboxylic acids is 1. The van der Waals surface area contributed by atoms with Crippen molar-refractivity contribution in [1.29, 1.82) is 0 Å². The molecule has 1 fully saturated rings. The van der Waals surface area contributed by atoms with Crippen LogP contribution in [0.15, 0.2) is 24.3 Å². The van der Waals surface area contributed by atoms with E-state index in [1.807, 2.05) is 19.1 Å². The molecule has 1 aromatic rings. The fourth-order valence-electron chi connectivity index (χ4n) is 2.58. The second-order valence-electron chi connectivity index (χ2n) is 5.67. The average Bonchev–Trinajstić information content (AvgIpc) is 2.39. The molecule has 0 radical (unpaired) electrons. The van der Waals surface area contributed by atoms with Gasteiger partial charge in [-0.2, -0.15) is 0 Å². The quantitative estimate of drug-likeness (QED) is 0.880. The van der Waals surface area contributed by atoms with E-state index in [1.54, 1.807) is 12.1 Å². The van der Waals surface area contributed by atoms with Crippen molar-refractivity contribution in [3.05, 3.63) is 29.8 Å². The first-order valence-corrected chi connectivity index (χ1v) is 6.69. The van der Waals surface area contributed by atoms with Crippen molar-refractivity contribution in [2.24, 2.45) is 5.41 Å². The number of aromatic hydroxyl groups is 1. The molecule has 104 valence electrons. The third-order valence-electron chi connectivity index (χ3n) is 4.34. The van der Waals surface area contributed by atoms with Crippen LogP contribution in [0.1, 0.15) is 38.3 Å². The molecule has 2 N–H and O–H groups in total. The number of carbonyl (C=O) groups is 1. The van der Waals surface area contributed by atoms with Gasteiger partial charge in [0.15, 0.2) is 0 Å². The van der Waals surface area contributed by atoms with E-state index in [0.29, 0.717) is 12.8 Å². The lowest BCUT2D eigenvalue weighted by molar-refractivity contribution is -0.151. The summed E-state index contributed by atoms with van der Waals surface area (Å²) in [5.74, 6) is -0.419. The SMILES string of the molecule is CC(c1ccc(O)cc1)N1CCC(C)(C(=O)O)CC1. The van der Waals surface area contributed by atoms with Crippen molar-refractivity contribution in [1.82, 2.24) is 4.90 Å². The third kappa shape index (κ3) is 2.89. The number of rotatable bonds is 3. The van der Waals surface area contributed by atoms with Crippen LogP contribution in [-0.4, -0.2) is 34.2 Å². The number of phenolic OH excluding ortho intramolecular Hbond substituents is 1. The summed E-state index contributed by atoms with van der Waals surface area (Å²) >= 11 is 0. The highest BCUT2D eigenvalue weighted by atomic mass is 16.4. The van der Waals surface area contributed by atoms with Crippen LogP contribution in [0.4, 0.5) is 0 Å². The maximum absolute atomic E-state index is 11.2. The Hall–Kier alpha value is -1.55. The van der Waals surface area contributed by atoms with E-state index >= 15 is 0 Å². The lowest BCUT2D eigenvalue weighted by Crippen LogP contribution is -2.43. The Kier molecular flexibility index (Phi) is 3.80. The number of hydrogen-bond acceptors (Lipinski definition) is 3. The summed E-state index contributed by atoms with van der Waals surface area (Å²) in [5, 5.41) is 18.5. The monoisotopic (exact) mass is 263 g/mol. The molecule has 0 aliphatic carbocycles. The van der Waals surface area contributed by atoms with Gasteiger partial charge in [0.05, 0.1) is 5.41 Å². The standard InChI is InChI=1S/C15H21NO3/c1-11(12-3-5-13(17)6-4-12)16-9-7-15(2,8-10-16)14(18)19/h3-6,11,17H,7-10H2,1-2H3,(H,18,19). The lowest BCUT2D eigenvalue weighted by atomic mass is 9.80. The van der Waals surface area contributed by atoms with E-state index in [2.05, 4.69) is 11.8 Å². The number of carboxylic acid groups (broad SMARTS) is 1. The van der Waals surface area contributed by atoms with Gasteiger partial charge in [-0.3, -0.25) is 9.69 Å². The molecule has 4 heteroatoms. The van der Waals surface area contributed by atoms with Gasteiger partial charge in [0.1, 0.15) is 5.75 Å². The molecule has 4 nitrogen and oxygen atoms in total. The first kappa shape index (κ1) is 13.9. The summed E-state index contributed by atoms with van der Waals surface area (Å²) in [6.45, 7) is 5.55. The molecule has 1 heterocycles. The van der Waals surface area contributed by atoms with Crippen LogP contribution in [0.3, 0.4) is 0 Å². The Labute approximate surface area is 113 Å². The van der Waals surface area contributed by atoms with E-state index in [9.17, 15) is 15.0 Å². The molecule has 0 bridgehead atoms. The Bertz CT molecular complexity index is 447. The molecule has 0 amide bonds. The number of phenols is 1. The zero-order valence-electron chi connectivity index (χ0n) is 11.5. The first-order valence-electron chi connectivity index (χ1n) is 6.69. The molecule has 1 aliphatic heterocycles. The molecule has 1 saturated heterocycles. The zero-order valence-corrected chi connectivity index (χ0v) is 11.5. The van der Waals surface area contributed by atoms with E-state index in [0.717, 1.165) is 18.7 Å². The molecular formula is C15H21NO3. The van der Waals surface area contributed by atoms with Crippen LogP contribution in [0.2, 0.25) is 0 Å². The summed E-state index contributed by atoms with van der Waals surface area (Å²) in [7, 11) is 0. The molecule has 1 aromatic carbocycles. The summed E-state index contributed by atoms with van der Waals surface area (Å²) in [6.07, 6.45) is 1.37. The minimum atomic E-state index is -0.690. The van der Waals surface area contributed by atoms with Crippen molar-refractivity contribution in [3.63, 3.8) is 0 Å². The molecule has 1 aliphatic rings. The van der Waals surface area contributed by atoms with Crippen molar-refractivity contribution >= 4 is 5.97 Å². The Balaban J connectivity index is 2.01. The van der Waals surface area contributed by atoms with Crippen molar-refractivity contribution < 1.29 is 15.0 Å². The van der Waals surface area contributed by atoms with Gasteiger partial charge in [-0.25, -0.2) is 0 Å². The predicted octanol–water partition coefficient (Wildman–Crippen LogP) is 2.64. The van der Waals surface area contributed by atoms with Crippen LogP contribution in [0.5, 0.6) is 5.75 Å². The maximum atomic E-state index is 11.2. The van der Waals surface area contributed by atoms with Crippen LogP contribution in [0.25, 0.3) is 0 Å². The molecule has 0 aromatic heterocycles. The average molecular weight is 263 g/mol. The summed E-state index contributed by atoms with van der Waals surface area (Å²) in [5.41, 5.74) is 0.572. The van der Waals surface area contributed by atoms with Gasteiger partial charge in [0.2, 0.25) is 0 Å². The molecule has 1 atom stereocenters. The summed E-state index contributed by atoms with van der Waals surface area (Å²) in [6, 6.07) is 7.48. The fourth-order valence-corrected chi connectivity index (χ4v) is 2.58. The second-order valence-corrected chi connectivity index (χ2v) is 5.67. The second kappa shape index (κ2) is 5.21. The van der Waals surface area contributed by atoms with Gasteiger partial charge < -0.3 is 10.2 Å². The van der Waals surface area contributed by atoms with Gasteiger partial charge in [0.25, 0.3) is 0 Å². The van der Waals surface area contributed by atoms with Gasteiger partial charge in [0, 0.05) is 6.04 Å². The zero-order chi connectivity index (χ0) is 14.0. The van der Waals surface area contributed by atoms with Crippen molar-refractivity contribution in [3.8, 4) is 5.75 Å². The minimum absolute atomic E-state index is 0.249. The predicted molar refractivity (Wildman–Crippen MR) is 73.1 cm³/mol. The van der Waals surface area contributed by atoms with Crippen molar-refractivity contribution in [2.45, 2.75) is 32.7 Å². The highest BCUT2D eigenvalue weighted by Gasteiger charge is 2.37. The fraction of sp³-hybridized carbons (Fsp3) is 0.533. The van der Waals surface area contributed by atoms with E-state index in [-0.39, 0.29) is 11.8 Å².